The van der Waals surface area contributed by atoms with E-state index in [1.165, 1.54) is 16.8 Å². The topological polar surface area (TPSA) is 12.5 Å². The van der Waals surface area contributed by atoms with E-state index in [1.807, 2.05) is 0 Å². The van der Waals surface area contributed by atoms with Gasteiger partial charge in [0.05, 0.1) is 13.2 Å². The second-order valence-corrected chi connectivity index (χ2v) is 3.88. The first-order chi connectivity index (χ1) is 6.27. The lowest BCUT2D eigenvalue weighted by atomic mass is 10.2. The summed E-state index contributed by atoms with van der Waals surface area (Å²) in [6.07, 6.45) is 3.46. The van der Waals surface area contributed by atoms with Gasteiger partial charge in [0.1, 0.15) is 0 Å². The molecule has 0 radical (unpaired) electrons. The van der Waals surface area contributed by atoms with Crippen LogP contribution in [0.15, 0.2) is 22.9 Å². The maximum atomic E-state index is 5.33. The van der Waals surface area contributed by atoms with E-state index in [2.05, 4.69) is 24.8 Å². The SMILES string of the molecule is CC1=C(C)CC(N2CCOCC2)=C1. The lowest BCUT2D eigenvalue weighted by Gasteiger charge is -2.30. The number of hydrogen-bond acceptors (Lipinski definition) is 2. The highest BCUT2D eigenvalue weighted by molar-refractivity contribution is 5.36. The zero-order valence-corrected chi connectivity index (χ0v) is 8.47. The molecular weight excluding hydrogens is 162 g/mol. The molecule has 0 amide bonds. The minimum Gasteiger partial charge on any atom is -0.378 e. The lowest BCUT2D eigenvalue weighted by molar-refractivity contribution is 0.0529. The third-order valence-electron chi connectivity index (χ3n) is 2.92. The average molecular weight is 179 g/mol. The van der Waals surface area contributed by atoms with Crippen molar-refractivity contribution in [3.8, 4) is 0 Å². The Balaban J connectivity index is 2.00. The summed E-state index contributed by atoms with van der Waals surface area (Å²) >= 11 is 0. The Bertz CT molecular complexity index is 259. The van der Waals surface area contributed by atoms with E-state index in [0.29, 0.717) is 0 Å². The molecule has 0 aromatic carbocycles. The van der Waals surface area contributed by atoms with Gasteiger partial charge in [-0.1, -0.05) is 11.1 Å². The van der Waals surface area contributed by atoms with E-state index < -0.39 is 0 Å². The summed E-state index contributed by atoms with van der Waals surface area (Å²) < 4.78 is 5.33. The molecule has 0 atom stereocenters. The Kier molecular flexibility index (Phi) is 2.40. The molecule has 0 bridgehead atoms. The number of allylic oxidation sites excluding steroid dienone is 3. The van der Waals surface area contributed by atoms with Crippen LogP contribution < -0.4 is 0 Å². The molecule has 2 rings (SSSR count). The van der Waals surface area contributed by atoms with Gasteiger partial charge in [0.2, 0.25) is 0 Å². The first kappa shape index (κ1) is 8.82. The average Bonchev–Trinajstić information content (AvgIpc) is 2.49. The number of morpholine rings is 1. The molecule has 0 aromatic heterocycles. The van der Waals surface area contributed by atoms with Crippen molar-refractivity contribution >= 4 is 0 Å². The highest BCUT2D eigenvalue weighted by Gasteiger charge is 2.17. The first-order valence-electron chi connectivity index (χ1n) is 4.97. The molecule has 2 heteroatoms. The summed E-state index contributed by atoms with van der Waals surface area (Å²) in [6.45, 7) is 8.31. The van der Waals surface area contributed by atoms with Gasteiger partial charge in [0, 0.05) is 25.2 Å². The molecular formula is C11H17NO. The molecule has 0 aromatic rings. The first-order valence-corrected chi connectivity index (χ1v) is 4.97. The van der Waals surface area contributed by atoms with E-state index in [0.717, 1.165) is 32.7 Å². The molecule has 2 nitrogen and oxygen atoms in total. The third kappa shape index (κ3) is 1.78. The standard InChI is InChI=1S/C11H17NO/c1-9-7-11(8-10(9)2)12-3-5-13-6-4-12/h7H,3-6,8H2,1-2H3. The highest BCUT2D eigenvalue weighted by Crippen LogP contribution is 2.27. The van der Waals surface area contributed by atoms with Crippen LogP contribution in [0, 0.1) is 0 Å². The number of rotatable bonds is 1. The molecule has 0 unspecified atom stereocenters. The van der Waals surface area contributed by atoms with Crippen LogP contribution in [-0.2, 0) is 4.74 Å². The molecule has 0 N–H and O–H groups in total. The van der Waals surface area contributed by atoms with Crippen LogP contribution in [0.1, 0.15) is 20.3 Å². The van der Waals surface area contributed by atoms with Gasteiger partial charge in [-0.05, 0) is 19.9 Å². The largest absolute Gasteiger partial charge is 0.378 e. The van der Waals surface area contributed by atoms with Crippen LogP contribution in [0.25, 0.3) is 0 Å². The van der Waals surface area contributed by atoms with Crippen LogP contribution in [-0.4, -0.2) is 31.2 Å². The highest BCUT2D eigenvalue weighted by atomic mass is 16.5. The van der Waals surface area contributed by atoms with Crippen molar-refractivity contribution in [2.75, 3.05) is 26.3 Å². The monoisotopic (exact) mass is 179 g/mol. The number of hydrogen-bond donors (Lipinski definition) is 0. The predicted molar refractivity (Wildman–Crippen MR) is 53.5 cm³/mol. The zero-order chi connectivity index (χ0) is 9.26. The summed E-state index contributed by atoms with van der Waals surface area (Å²) in [5.74, 6) is 0. The third-order valence-corrected chi connectivity index (χ3v) is 2.92. The van der Waals surface area contributed by atoms with Gasteiger partial charge in [0.25, 0.3) is 0 Å². The van der Waals surface area contributed by atoms with Crippen molar-refractivity contribution < 1.29 is 4.74 Å². The smallest absolute Gasteiger partial charge is 0.0642 e. The fourth-order valence-corrected chi connectivity index (χ4v) is 1.89. The van der Waals surface area contributed by atoms with Gasteiger partial charge in [-0.2, -0.15) is 0 Å². The van der Waals surface area contributed by atoms with Crippen molar-refractivity contribution in [1.82, 2.24) is 4.90 Å². The normalized spacial score (nSPS) is 23.8. The molecule has 13 heavy (non-hydrogen) atoms. The van der Waals surface area contributed by atoms with Gasteiger partial charge >= 0.3 is 0 Å². The Hall–Kier alpha value is -0.760. The zero-order valence-electron chi connectivity index (χ0n) is 8.47. The predicted octanol–water partition coefficient (Wildman–Crippen LogP) is 1.94. The second kappa shape index (κ2) is 3.54. The molecule has 2 aliphatic rings. The Labute approximate surface area is 79.9 Å². The van der Waals surface area contributed by atoms with Gasteiger partial charge < -0.3 is 9.64 Å². The van der Waals surface area contributed by atoms with E-state index in [-0.39, 0.29) is 0 Å². The Morgan fingerprint density at radius 3 is 2.46 bits per heavy atom. The van der Waals surface area contributed by atoms with Crippen LogP contribution >= 0.6 is 0 Å². The molecule has 1 aliphatic heterocycles. The minimum atomic E-state index is 0.884. The summed E-state index contributed by atoms with van der Waals surface area (Å²) in [5, 5.41) is 0. The van der Waals surface area contributed by atoms with Crippen LogP contribution in [0.5, 0.6) is 0 Å². The van der Waals surface area contributed by atoms with Crippen molar-refractivity contribution in [2.24, 2.45) is 0 Å². The molecule has 1 saturated heterocycles. The minimum absolute atomic E-state index is 0.884. The van der Waals surface area contributed by atoms with E-state index in [4.69, 9.17) is 4.74 Å². The van der Waals surface area contributed by atoms with Crippen molar-refractivity contribution in [1.29, 1.82) is 0 Å². The van der Waals surface area contributed by atoms with Crippen LogP contribution in [0.3, 0.4) is 0 Å². The van der Waals surface area contributed by atoms with Crippen LogP contribution in [0.4, 0.5) is 0 Å². The van der Waals surface area contributed by atoms with Crippen LogP contribution in [0.2, 0.25) is 0 Å². The van der Waals surface area contributed by atoms with E-state index in [1.54, 1.807) is 0 Å². The summed E-state index contributed by atoms with van der Waals surface area (Å²) in [7, 11) is 0. The number of ether oxygens (including phenoxy) is 1. The van der Waals surface area contributed by atoms with Gasteiger partial charge in [-0.25, -0.2) is 0 Å². The summed E-state index contributed by atoms with van der Waals surface area (Å²) in [5.41, 5.74) is 4.45. The van der Waals surface area contributed by atoms with Crippen molar-refractivity contribution in [3.63, 3.8) is 0 Å². The van der Waals surface area contributed by atoms with E-state index in [9.17, 15) is 0 Å². The van der Waals surface area contributed by atoms with Crippen molar-refractivity contribution in [3.05, 3.63) is 22.9 Å². The van der Waals surface area contributed by atoms with E-state index >= 15 is 0 Å². The molecule has 0 spiro atoms. The molecule has 1 aliphatic carbocycles. The fraction of sp³-hybridized carbons (Fsp3) is 0.636. The van der Waals surface area contributed by atoms with Gasteiger partial charge in [0.15, 0.2) is 0 Å². The molecule has 1 fully saturated rings. The fourth-order valence-electron chi connectivity index (χ4n) is 1.89. The van der Waals surface area contributed by atoms with Gasteiger partial charge in [-0.3, -0.25) is 0 Å². The van der Waals surface area contributed by atoms with Gasteiger partial charge in [-0.15, -0.1) is 0 Å². The molecule has 72 valence electrons. The molecule has 0 saturated carbocycles. The van der Waals surface area contributed by atoms with Crippen molar-refractivity contribution in [2.45, 2.75) is 20.3 Å². The second-order valence-electron chi connectivity index (χ2n) is 3.88. The summed E-state index contributed by atoms with van der Waals surface area (Å²) in [6, 6.07) is 0. The summed E-state index contributed by atoms with van der Waals surface area (Å²) in [4.78, 5) is 2.45. The number of nitrogens with zero attached hydrogens (tertiary/aromatic N) is 1. The Morgan fingerprint density at radius 2 is 1.92 bits per heavy atom. The maximum Gasteiger partial charge on any atom is 0.0642 e. The quantitative estimate of drug-likeness (QED) is 0.610. The maximum absolute atomic E-state index is 5.33. The Morgan fingerprint density at radius 1 is 1.23 bits per heavy atom. The lowest BCUT2D eigenvalue weighted by Crippen LogP contribution is -2.35. The molecule has 1 heterocycles.